The highest BCUT2D eigenvalue weighted by Gasteiger charge is 2.55. The summed E-state index contributed by atoms with van der Waals surface area (Å²) in [6.45, 7) is 0.0976. The van der Waals surface area contributed by atoms with E-state index >= 15 is 0 Å². The van der Waals surface area contributed by atoms with Gasteiger partial charge < -0.3 is 5.11 Å². The Kier molecular flexibility index (Phi) is 2.17. The number of nitrogens with zero attached hydrogens (tertiary/aromatic N) is 1. The number of aliphatic hydroxyl groups excluding tert-OH is 1. The summed E-state index contributed by atoms with van der Waals surface area (Å²) in [6.07, 6.45) is 0.776. The maximum atomic E-state index is 9.32. The van der Waals surface area contributed by atoms with Gasteiger partial charge in [-0.2, -0.15) is 5.26 Å². The van der Waals surface area contributed by atoms with E-state index < -0.39 is 5.41 Å². The third-order valence-electron chi connectivity index (χ3n) is 3.79. The molecule has 84 valence electrons. The minimum absolute atomic E-state index is 0.0976. The van der Waals surface area contributed by atoms with E-state index in [0.717, 1.165) is 17.4 Å². The van der Waals surface area contributed by atoms with Crippen LogP contribution in [-0.4, -0.2) is 11.7 Å². The molecule has 2 aromatic carbocycles. The molecule has 1 aliphatic rings. The molecule has 0 bridgehead atoms. The zero-order chi connectivity index (χ0) is 11.9. The topological polar surface area (TPSA) is 44.0 Å². The van der Waals surface area contributed by atoms with E-state index in [1.807, 2.05) is 18.2 Å². The third kappa shape index (κ3) is 1.44. The van der Waals surface area contributed by atoms with E-state index in [-0.39, 0.29) is 12.5 Å². The quantitative estimate of drug-likeness (QED) is 0.850. The highest BCUT2D eigenvalue weighted by Crippen LogP contribution is 2.53. The first-order valence-corrected chi connectivity index (χ1v) is 5.81. The van der Waals surface area contributed by atoms with Gasteiger partial charge in [0.1, 0.15) is 0 Å². The van der Waals surface area contributed by atoms with Crippen molar-refractivity contribution in [1.82, 2.24) is 0 Å². The predicted molar refractivity (Wildman–Crippen MR) is 66.4 cm³/mol. The van der Waals surface area contributed by atoms with Crippen molar-refractivity contribution in [1.29, 1.82) is 5.26 Å². The summed E-state index contributed by atoms with van der Waals surface area (Å²) in [5.74, 6) is 0.105. The van der Waals surface area contributed by atoms with Crippen molar-refractivity contribution in [3.8, 4) is 6.07 Å². The molecule has 2 atom stereocenters. The first-order chi connectivity index (χ1) is 8.30. The van der Waals surface area contributed by atoms with Gasteiger partial charge in [0.15, 0.2) is 0 Å². The Morgan fingerprint density at radius 2 is 2.00 bits per heavy atom. The number of hydrogen-bond acceptors (Lipinski definition) is 2. The maximum Gasteiger partial charge on any atom is 0.0877 e. The van der Waals surface area contributed by atoms with Gasteiger partial charge in [0, 0.05) is 12.5 Å². The van der Waals surface area contributed by atoms with Crippen molar-refractivity contribution in [2.75, 3.05) is 6.61 Å². The maximum absolute atomic E-state index is 9.32. The Morgan fingerprint density at radius 1 is 1.24 bits per heavy atom. The van der Waals surface area contributed by atoms with Crippen molar-refractivity contribution < 1.29 is 5.11 Å². The van der Waals surface area contributed by atoms with Crippen molar-refractivity contribution in [3.05, 3.63) is 48.0 Å². The van der Waals surface area contributed by atoms with Crippen LogP contribution in [0.4, 0.5) is 0 Å². The molecule has 2 nitrogen and oxygen atoms in total. The largest absolute Gasteiger partial charge is 0.396 e. The molecule has 0 heterocycles. The molecule has 2 aromatic rings. The van der Waals surface area contributed by atoms with E-state index in [1.165, 1.54) is 5.39 Å². The standard InChI is InChI=1S/C15H13NO/c16-10-15(8-14(15)9-17)13-6-5-11-3-1-2-4-12(11)7-13/h1-7,14,17H,8-9H2/t14-,15?/m0/s1. The molecule has 2 heteroatoms. The minimum atomic E-state index is -0.446. The first-order valence-electron chi connectivity index (χ1n) is 5.81. The van der Waals surface area contributed by atoms with Gasteiger partial charge in [-0.3, -0.25) is 0 Å². The van der Waals surface area contributed by atoms with E-state index in [2.05, 4.69) is 30.3 Å². The van der Waals surface area contributed by atoms with E-state index in [9.17, 15) is 10.4 Å². The molecular formula is C15H13NO. The van der Waals surface area contributed by atoms with Gasteiger partial charge in [-0.15, -0.1) is 0 Å². The molecule has 0 saturated heterocycles. The second kappa shape index (κ2) is 3.58. The molecule has 1 unspecified atom stereocenters. The molecule has 0 spiro atoms. The van der Waals surface area contributed by atoms with E-state index in [1.54, 1.807) is 0 Å². The van der Waals surface area contributed by atoms with E-state index in [4.69, 9.17) is 0 Å². The normalized spacial score (nSPS) is 26.7. The Labute approximate surface area is 100 Å². The highest BCUT2D eigenvalue weighted by molar-refractivity contribution is 5.83. The monoisotopic (exact) mass is 223 g/mol. The minimum Gasteiger partial charge on any atom is -0.396 e. The lowest BCUT2D eigenvalue weighted by atomic mass is 9.93. The second-order valence-electron chi connectivity index (χ2n) is 4.73. The van der Waals surface area contributed by atoms with Gasteiger partial charge >= 0.3 is 0 Å². The number of fused-ring (bicyclic) bond motifs is 1. The number of rotatable bonds is 2. The van der Waals surface area contributed by atoms with Crippen LogP contribution >= 0.6 is 0 Å². The molecule has 3 rings (SSSR count). The lowest BCUT2D eigenvalue weighted by Crippen LogP contribution is -2.08. The van der Waals surface area contributed by atoms with Crippen molar-refractivity contribution in [2.24, 2.45) is 5.92 Å². The van der Waals surface area contributed by atoms with Crippen molar-refractivity contribution in [3.63, 3.8) is 0 Å². The summed E-state index contributed by atoms with van der Waals surface area (Å²) in [5, 5.41) is 20.9. The molecule has 1 fully saturated rings. The SMILES string of the molecule is N#CC1(c2ccc3ccccc3c2)C[C@H]1CO. The van der Waals surface area contributed by atoms with Gasteiger partial charge in [0.05, 0.1) is 11.5 Å². The third-order valence-corrected chi connectivity index (χ3v) is 3.79. The zero-order valence-corrected chi connectivity index (χ0v) is 9.43. The Balaban J connectivity index is 2.11. The molecule has 0 aromatic heterocycles. The fraction of sp³-hybridized carbons (Fsp3) is 0.267. The van der Waals surface area contributed by atoms with Crippen LogP contribution in [-0.2, 0) is 5.41 Å². The van der Waals surface area contributed by atoms with Crippen LogP contribution in [0.25, 0.3) is 10.8 Å². The van der Waals surface area contributed by atoms with Gasteiger partial charge in [-0.1, -0.05) is 36.4 Å². The Hall–Kier alpha value is -1.85. The summed E-state index contributed by atoms with van der Waals surface area (Å²) in [4.78, 5) is 0. The first kappa shape index (κ1) is 10.3. The molecule has 1 saturated carbocycles. The number of nitriles is 1. The Morgan fingerprint density at radius 3 is 2.65 bits per heavy atom. The van der Waals surface area contributed by atoms with Crippen LogP contribution < -0.4 is 0 Å². The molecular weight excluding hydrogens is 210 g/mol. The van der Waals surface area contributed by atoms with Gasteiger partial charge in [-0.05, 0) is 28.8 Å². The Bertz CT molecular complexity index is 614. The summed E-state index contributed by atoms with van der Waals surface area (Å²) in [6, 6.07) is 16.7. The molecule has 0 amide bonds. The number of aliphatic hydroxyl groups is 1. The van der Waals surface area contributed by atoms with Crippen LogP contribution in [0.2, 0.25) is 0 Å². The zero-order valence-electron chi connectivity index (χ0n) is 9.43. The highest BCUT2D eigenvalue weighted by atomic mass is 16.3. The smallest absolute Gasteiger partial charge is 0.0877 e. The summed E-state index contributed by atoms with van der Waals surface area (Å²) in [5.41, 5.74) is 0.594. The van der Waals surface area contributed by atoms with E-state index in [0.29, 0.717) is 0 Å². The number of hydrogen-bond donors (Lipinski definition) is 1. The van der Waals surface area contributed by atoms with Gasteiger partial charge in [0.2, 0.25) is 0 Å². The predicted octanol–water partition coefficient (Wildman–Crippen LogP) is 2.61. The summed E-state index contributed by atoms with van der Waals surface area (Å²) in [7, 11) is 0. The summed E-state index contributed by atoms with van der Waals surface area (Å²) < 4.78 is 0. The fourth-order valence-electron chi connectivity index (χ4n) is 2.57. The van der Waals surface area contributed by atoms with Gasteiger partial charge in [-0.25, -0.2) is 0 Å². The second-order valence-corrected chi connectivity index (χ2v) is 4.73. The lowest BCUT2D eigenvalue weighted by molar-refractivity contribution is 0.269. The van der Waals surface area contributed by atoms with Crippen LogP contribution in [0.15, 0.2) is 42.5 Å². The van der Waals surface area contributed by atoms with Gasteiger partial charge in [0.25, 0.3) is 0 Å². The summed E-state index contributed by atoms with van der Waals surface area (Å²) >= 11 is 0. The van der Waals surface area contributed by atoms with Crippen LogP contribution in [0.5, 0.6) is 0 Å². The molecule has 0 radical (unpaired) electrons. The molecule has 17 heavy (non-hydrogen) atoms. The molecule has 0 aliphatic heterocycles. The lowest BCUT2D eigenvalue weighted by Gasteiger charge is -2.09. The average Bonchev–Trinajstić information content (AvgIpc) is 3.13. The van der Waals surface area contributed by atoms with Crippen molar-refractivity contribution >= 4 is 10.8 Å². The fourth-order valence-corrected chi connectivity index (χ4v) is 2.57. The molecule has 1 aliphatic carbocycles. The number of benzene rings is 2. The van der Waals surface area contributed by atoms with Crippen LogP contribution in [0.1, 0.15) is 12.0 Å². The van der Waals surface area contributed by atoms with Crippen LogP contribution in [0.3, 0.4) is 0 Å². The van der Waals surface area contributed by atoms with Crippen molar-refractivity contribution in [2.45, 2.75) is 11.8 Å². The average molecular weight is 223 g/mol. The molecule has 1 N–H and O–H groups in total. The van der Waals surface area contributed by atoms with Crippen LogP contribution in [0, 0.1) is 17.2 Å².